The number of ether oxygens (including phenoxy) is 1. The zero-order valence-electron chi connectivity index (χ0n) is 9.87. The summed E-state index contributed by atoms with van der Waals surface area (Å²) < 4.78 is 5.48. The second-order valence-corrected chi connectivity index (χ2v) is 5.45. The molecular formula is C13H22O2. The van der Waals surface area contributed by atoms with Gasteiger partial charge >= 0.3 is 0 Å². The van der Waals surface area contributed by atoms with Gasteiger partial charge in [-0.3, -0.25) is 4.79 Å². The van der Waals surface area contributed by atoms with Crippen LogP contribution in [0.4, 0.5) is 0 Å². The van der Waals surface area contributed by atoms with Crippen LogP contribution in [-0.4, -0.2) is 18.5 Å². The lowest BCUT2D eigenvalue weighted by Gasteiger charge is -2.27. The summed E-state index contributed by atoms with van der Waals surface area (Å²) in [6.07, 6.45) is 6.02. The molecule has 1 heterocycles. The summed E-state index contributed by atoms with van der Waals surface area (Å²) in [5, 5.41) is 0. The minimum atomic E-state index is 0.204. The third kappa shape index (κ3) is 2.60. The van der Waals surface area contributed by atoms with Gasteiger partial charge in [-0.1, -0.05) is 19.8 Å². The number of carbonyl (C=O) groups is 1. The van der Waals surface area contributed by atoms with Crippen LogP contribution in [-0.2, 0) is 9.53 Å². The Balaban J connectivity index is 1.89. The minimum absolute atomic E-state index is 0.204. The van der Waals surface area contributed by atoms with E-state index in [1.54, 1.807) is 0 Å². The first-order valence-electron chi connectivity index (χ1n) is 6.32. The van der Waals surface area contributed by atoms with Gasteiger partial charge in [-0.25, -0.2) is 0 Å². The molecule has 4 atom stereocenters. The van der Waals surface area contributed by atoms with E-state index in [0.29, 0.717) is 24.4 Å². The van der Waals surface area contributed by atoms with Crippen LogP contribution in [0.1, 0.15) is 46.0 Å². The van der Waals surface area contributed by atoms with Crippen molar-refractivity contribution in [3.8, 4) is 0 Å². The summed E-state index contributed by atoms with van der Waals surface area (Å²) in [6.45, 7) is 5.01. The molecule has 4 unspecified atom stereocenters. The summed E-state index contributed by atoms with van der Waals surface area (Å²) >= 11 is 0. The molecule has 0 aromatic rings. The van der Waals surface area contributed by atoms with E-state index in [1.807, 2.05) is 0 Å². The molecule has 2 rings (SSSR count). The average Bonchev–Trinajstić information content (AvgIpc) is 2.64. The van der Waals surface area contributed by atoms with E-state index in [4.69, 9.17) is 4.74 Å². The molecule has 86 valence electrons. The number of carbonyl (C=O) groups excluding carboxylic acids is 1. The van der Waals surface area contributed by atoms with Crippen LogP contribution in [0.2, 0.25) is 0 Å². The number of Topliss-reactive ketones (excluding diaryl/α,β-unsaturated/α-hetero) is 1. The van der Waals surface area contributed by atoms with Gasteiger partial charge in [-0.2, -0.15) is 0 Å². The van der Waals surface area contributed by atoms with E-state index in [9.17, 15) is 4.79 Å². The van der Waals surface area contributed by atoms with Gasteiger partial charge in [0.05, 0.1) is 12.7 Å². The highest BCUT2D eigenvalue weighted by Gasteiger charge is 2.34. The number of ketones is 1. The molecule has 1 aliphatic carbocycles. The SMILES string of the molecule is CC1CCCC(C(=O)C2COC(C)C2)C1. The zero-order chi connectivity index (χ0) is 10.8. The van der Waals surface area contributed by atoms with Gasteiger partial charge in [0.1, 0.15) is 5.78 Å². The molecule has 2 nitrogen and oxygen atoms in total. The second-order valence-electron chi connectivity index (χ2n) is 5.45. The first-order chi connectivity index (χ1) is 7.16. The molecule has 0 radical (unpaired) electrons. The van der Waals surface area contributed by atoms with Crippen molar-refractivity contribution in [3.63, 3.8) is 0 Å². The molecule has 15 heavy (non-hydrogen) atoms. The molecule has 0 spiro atoms. The highest BCUT2D eigenvalue weighted by Crippen LogP contribution is 2.33. The molecule has 1 saturated heterocycles. The summed E-state index contributed by atoms with van der Waals surface area (Å²) in [5.41, 5.74) is 0. The van der Waals surface area contributed by atoms with E-state index >= 15 is 0 Å². The van der Waals surface area contributed by atoms with Crippen LogP contribution in [0.5, 0.6) is 0 Å². The van der Waals surface area contributed by atoms with Gasteiger partial charge in [-0.05, 0) is 32.1 Å². The topological polar surface area (TPSA) is 26.3 Å². The summed E-state index contributed by atoms with van der Waals surface area (Å²) in [4.78, 5) is 12.2. The Kier molecular flexibility index (Phi) is 3.45. The zero-order valence-corrected chi connectivity index (χ0v) is 9.87. The van der Waals surface area contributed by atoms with Crippen LogP contribution in [0, 0.1) is 17.8 Å². The van der Waals surface area contributed by atoms with Gasteiger partial charge < -0.3 is 4.74 Å². The van der Waals surface area contributed by atoms with E-state index < -0.39 is 0 Å². The Bertz CT molecular complexity index is 237. The van der Waals surface area contributed by atoms with Crippen molar-refractivity contribution in [1.29, 1.82) is 0 Å². The normalized spacial score (nSPS) is 41.7. The van der Waals surface area contributed by atoms with Crippen molar-refractivity contribution in [2.24, 2.45) is 17.8 Å². The monoisotopic (exact) mass is 210 g/mol. The number of hydrogen-bond acceptors (Lipinski definition) is 2. The van der Waals surface area contributed by atoms with Crippen molar-refractivity contribution in [1.82, 2.24) is 0 Å². The second kappa shape index (κ2) is 4.65. The predicted octanol–water partition coefficient (Wildman–Crippen LogP) is 2.81. The van der Waals surface area contributed by atoms with Crippen LogP contribution in [0.3, 0.4) is 0 Å². The van der Waals surface area contributed by atoms with Crippen LogP contribution >= 0.6 is 0 Å². The van der Waals surface area contributed by atoms with Gasteiger partial charge in [-0.15, -0.1) is 0 Å². The molecule has 2 heteroatoms. The van der Waals surface area contributed by atoms with Crippen molar-refractivity contribution < 1.29 is 9.53 Å². The summed E-state index contributed by atoms with van der Waals surface area (Å²) in [6, 6.07) is 0. The van der Waals surface area contributed by atoms with Crippen LogP contribution in [0.15, 0.2) is 0 Å². The fourth-order valence-corrected chi connectivity index (χ4v) is 3.04. The largest absolute Gasteiger partial charge is 0.378 e. The third-order valence-corrected chi connectivity index (χ3v) is 3.94. The number of hydrogen-bond donors (Lipinski definition) is 0. The Hall–Kier alpha value is -0.370. The molecule has 2 fully saturated rings. The summed E-state index contributed by atoms with van der Waals surface area (Å²) in [5.74, 6) is 1.78. The molecule has 1 saturated carbocycles. The van der Waals surface area contributed by atoms with E-state index in [1.165, 1.54) is 12.8 Å². The van der Waals surface area contributed by atoms with Crippen molar-refractivity contribution in [2.75, 3.05) is 6.61 Å². The Morgan fingerprint density at radius 3 is 2.53 bits per heavy atom. The molecule has 1 aliphatic heterocycles. The lowest BCUT2D eigenvalue weighted by atomic mass is 9.77. The molecule has 0 N–H and O–H groups in total. The Labute approximate surface area is 92.4 Å². The highest BCUT2D eigenvalue weighted by molar-refractivity contribution is 5.83. The van der Waals surface area contributed by atoms with Crippen molar-refractivity contribution >= 4 is 5.78 Å². The maximum absolute atomic E-state index is 12.2. The van der Waals surface area contributed by atoms with Crippen LogP contribution in [0.25, 0.3) is 0 Å². The van der Waals surface area contributed by atoms with Gasteiger partial charge in [0.2, 0.25) is 0 Å². The molecule has 0 aromatic carbocycles. The molecule has 0 amide bonds. The summed E-state index contributed by atoms with van der Waals surface area (Å²) in [7, 11) is 0. The molecule has 0 aromatic heterocycles. The quantitative estimate of drug-likeness (QED) is 0.700. The van der Waals surface area contributed by atoms with Gasteiger partial charge in [0, 0.05) is 11.8 Å². The van der Waals surface area contributed by atoms with E-state index in [2.05, 4.69) is 13.8 Å². The average molecular weight is 210 g/mol. The first kappa shape index (κ1) is 11.1. The maximum Gasteiger partial charge on any atom is 0.141 e. The molecule has 2 aliphatic rings. The predicted molar refractivity (Wildman–Crippen MR) is 59.7 cm³/mol. The smallest absolute Gasteiger partial charge is 0.141 e. The first-order valence-corrected chi connectivity index (χ1v) is 6.32. The fourth-order valence-electron chi connectivity index (χ4n) is 3.04. The maximum atomic E-state index is 12.2. The van der Waals surface area contributed by atoms with Gasteiger partial charge in [0.25, 0.3) is 0 Å². The lowest BCUT2D eigenvalue weighted by Crippen LogP contribution is -2.28. The highest BCUT2D eigenvalue weighted by atomic mass is 16.5. The lowest BCUT2D eigenvalue weighted by molar-refractivity contribution is -0.128. The van der Waals surface area contributed by atoms with Gasteiger partial charge in [0.15, 0.2) is 0 Å². The third-order valence-electron chi connectivity index (χ3n) is 3.94. The van der Waals surface area contributed by atoms with E-state index in [-0.39, 0.29) is 5.92 Å². The van der Waals surface area contributed by atoms with Crippen LogP contribution < -0.4 is 0 Å². The molecule has 0 bridgehead atoms. The standard InChI is InChI=1S/C13H22O2/c1-9-4-3-5-11(6-9)13(14)12-7-10(2)15-8-12/h9-12H,3-8H2,1-2H3. The van der Waals surface area contributed by atoms with E-state index in [0.717, 1.165) is 25.2 Å². The molecular weight excluding hydrogens is 188 g/mol. The Morgan fingerprint density at radius 2 is 1.93 bits per heavy atom. The minimum Gasteiger partial charge on any atom is -0.378 e. The number of rotatable bonds is 2. The fraction of sp³-hybridized carbons (Fsp3) is 0.923. The Morgan fingerprint density at radius 1 is 1.13 bits per heavy atom. The van der Waals surface area contributed by atoms with Crippen molar-refractivity contribution in [3.05, 3.63) is 0 Å². The van der Waals surface area contributed by atoms with Crippen molar-refractivity contribution in [2.45, 2.75) is 52.1 Å².